The molecule has 0 saturated carbocycles. The van der Waals surface area contributed by atoms with E-state index in [9.17, 15) is 14.7 Å². The van der Waals surface area contributed by atoms with Crippen molar-refractivity contribution in [3.63, 3.8) is 0 Å². The fraction of sp³-hybridized carbons (Fsp3) is 0.375. The number of amidine groups is 1. The van der Waals surface area contributed by atoms with Crippen molar-refractivity contribution in [2.24, 2.45) is 0 Å². The monoisotopic (exact) mass is 537 g/mol. The number of carbonyl (C=O) groups excluding carboxylic acids is 2. The molecular formula is C24H29BrClN3O4. The molecule has 0 unspecified atom stereocenters. The molecule has 3 N–H and O–H groups in total. The second-order valence-corrected chi connectivity index (χ2v) is 9.16. The molecule has 0 fully saturated rings. The van der Waals surface area contributed by atoms with Gasteiger partial charge < -0.3 is 20.1 Å². The maximum Gasteiger partial charge on any atom is 0.254 e. The lowest BCUT2D eigenvalue weighted by molar-refractivity contribution is 0.0953. The van der Waals surface area contributed by atoms with E-state index in [1.54, 1.807) is 23.1 Å². The highest BCUT2D eigenvalue weighted by Gasteiger charge is 2.30. The van der Waals surface area contributed by atoms with E-state index >= 15 is 0 Å². The van der Waals surface area contributed by atoms with Crippen LogP contribution in [-0.4, -0.2) is 47.7 Å². The Kier molecular flexibility index (Phi) is 8.19. The van der Waals surface area contributed by atoms with Crippen molar-refractivity contribution in [1.82, 2.24) is 10.2 Å². The van der Waals surface area contributed by atoms with Gasteiger partial charge in [0, 0.05) is 30.3 Å². The van der Waals surface area contributed by atoms with Gasteiger partial charge >= 0.3 is 0 Å². The standard InChI is InChI=1S/C24H28ClN3O4.BrH/c1-6-32-20-9-14-11-28(22(26)15(14)10-16(20)23(31)27-5)12-19(29)13-7-17(24(2,3)4)21(30)18(25)8-13;/h7-10,26,30H,6,11-12H2,1-5H3,(H,27,31);1H. The van der Waals surface area contributed by atoms with Gasteiger partial charge in [0.25, 0.3) is 5.91 Å². The second-order valence-electron chi connectivity index (χ2n) is 8.75. The number of phenols is 1. The van der Waals surface area contributed by atoms with Gasteiger partial charge in [-0.2, -0.15) is 0 Å². The number of benzene rings is 2. The predicted octanol–water partition coefficient (Wildman–Crippen LogP) is 4.70. The number of Topliss-reactive ketones (excluding diaryl/α,β-unsaturated/α-hetero) is 1. The molecule has 0 bridgehead atoms. The summed E-state index contributed by atoms with van der Waals surface area (Å²) in [6.45, 7) is 8.35. The first-order chi connectivity index (χ1) is 15.0. The molecule has 9 heteroatoms. The molecule has 178 valence electrons. The Labute approximate surface area is 209 Å². The molecule has 2 aromatic carbocycles. The summed E-state index contributed by atoms with van der Waals surface area (Å²) in [6, 6.07) is 6.52. The van der Waals surface area contributed by atoms with Crippen molar-refractivity contribution in [3.8, 4) is 11.5 Å². The minimum atomic E-state index is -0.396. The Hall–Kier alpha value is -2.58. The highest BCUT2D eigenvalue weighted by atomic mass is 79.9. The molecule has 7 nitrogen and oxygen atoms in total. The summed E-state index contributed by atoms with van der Waals surface area (Å²) in [4.78, 5) is 27.0. The first-order valence-corrected chi connectivity index (χ1v) is 10.8. The third kappa shape index (κ3) is 5.33. The third-order valence-corrected chi connectivity index (χ3v) is 5.73. The molecule has 0 saturated heterocycles. The summed E-state index contributed by atoms with van der Waals surface area (Å²) in [5.74, 6) is 0.0786. The average Bonchev–Trinajstić information content (AvgIpc) is 3.02. The number of ether oxygens (including phenoxy) is 1. The maximum atomic E-state index is 13.1. The topological polar surface area (TPSA) is 103 Å². The highest BCUT2D eigenvalue weighted by Crippen LogP contribution is 2.37. The number of fused-ring (bicyclic) bond motifs is 1. The minimum absolute atomic E-state index is 0. The van der Waals surface area contributed by atoms with E-state index < -0.39 is 5.41 Å². The Bertz CT molecular complexity index is 1110. The lowest BCUT2D eigenvalue weighted by atomic mass is 9.85. The Balaban J connectivity index is 0.00000385. The number of nitrogens with one attached hydrogen (secondary N) is 2. The van der Waals surface area contributed by atoms with Crippen LogP contribution in [0.25, 0.3) is 0 Å². The Morgan fingerprint density at radius 3 is 2.48 bits per heavy atom. The number of phenolic OH excluding ortho intramolecular Hbond substituents is 1. The van der Waals surface area contributed by atoms with E-state index in [1.165, 1.54) is 13.1 Å². The number of rotatable bonds is 6. The molecule has 1 amide bonds. The zero-order valence-corrected chi connectivity index (χ0v) is 21.8. The molecule has 1 aliphatic rings. The summed E-state index contributed by atoms with van der Waals surface area (Å²) >= 11 is 6.19. The minimum Gasteiger partial charge on any atom is -0.506 e. The zero-order valence-electron chi connectivity index (χ0n) is 19.3. The van der Waals surface area contributed by atoms with Crippen LogP contribution in [0.15, 0.2) is 24.3 Å². The zero-order chi connectivity index (χ0) is 23.8. The fourth-order valence-electron chi connectivity index (χ4n) is 3.75. The summed E-state index contributed by atoms with van der Waals surface area (Å²) in [5.41, 5.74) is 2.34. The van der Waals surface area contributed by atoms with Crippen LogP contribution in [-0.2, 0) is 12.0 Å². The van der Waals surface area contributed by atoms with E-state index in [2.05, 4.69) is 5.32 Å². The number of hydrogen-bond donors (Lipinski definition) is 3. The molecule has 1 heterocycles. The van der Waals surface area contributed by atoms with E-state index in [0.29, 0.717) is 41.2 Å². The van der Waals surface area contributed by atoms with Gasteiger partial charge in [0.2, 0.25) is 0 Å². The van der Waals surface area contributed by atoms with Crippen molar-refractivity contribution in [2.45, 2.75) is 39.7 Å². The number of halogens is 2. The van der Waals surface area contributed by atoms with Gasteiger partial charge in [-0.25, -0.2) is 0 Å². The van der Waals surface area contributed by atoms with Crippen molar-refractivity contribution >= 4 is 46.1 Å². The first-order valence-electron chi connectivity index (χ1n) is 10.4. The smallest absolute Gasteiger partial charge is 0.254 e. The highest BCUT2D eigenvalue weighted by molar-refractivity contribution is 8.93. The molecule has 33 heavy (non-hydrogen) atoms. The Morgan fingerprint density at radius 1 is 1.24 bits per heavy atom. The third-order valence-electron chi connectivity index (χ3n) is 5.44. The number of amides is 1. The van der Waals surface area contributed by atoms with Gasteiger partial charge in [-0.05, 0) is 42.2 Å². The molecule has 0 atom stereocenters. The number of ketones is 1. The van der Waals surface area contributed by atoms with Crippen molar-refractivity contribution in [2.75, 3.05) is 20.2 Å². The number of nitrogens with zero attached hydrogens (tertiary/aromatic N) is 1. The summed E-state index contributed by atoms with van der Waals surface area (Å²) in [6.07, 6.45) is 0. The quantitative estimate of drug-likeness (QED) is 0.463. The van der Waals surface area contributed by atoms with E-state index in [1.807, 2.05) is 27.7 Å². The molecule has 0 aromatic heterocycles. The number of aromatic hydroxyl groups is 1. The molecule has 3 rings (SSSR count). The predicted molar refractivity (Wildman–Crippen MR) is 135 cm³/mol. The summed E-state index contributed by atoms with van der Waals surface area (Å²) in [7, 11) is 1.54. The van der Waals surface area contributed by atoms with E-state index in [-0.39, 0.29) is 51.8 Å². The molecular weight excluding hydrogens is 510 g/mol. The number of hydrogen-bond acceptors (Lipinski definition) is 5. The molecule has 0 spiro atoms. The van der Waals surface area contributed by atoms with Gasteiger partial charge in [-0.3, -0.25) is 15.0 Å². The van der Waals surface area contributed by atoms with Crippen LogP contribution in [0.5, 0.6) is 11.5 Å². The van der Waals surface area contributed by atoms with Crippen LogP contribution in [0, 0.1) is 5.41 Å². The van der Waals surface area contributed by atoms with E-state index in [4.69, 9.17) is 21.7 Å². The second kappa shape index (κ2) is 10.1. The van der Waals surface area contributed by atoms with Crippen LogP contribution < -0.4 is 10.1 Å². The lowest BCUT2D eigenvalue weighted by Gasteiger charge is -2.22. The van der Waals surface area contributed by atoms with Crippen molar-refractivity contribution < 1.29 is 19.4 Å². The molecule has 0 radical (unpaired) electrons. The van der Waals surface area contributed by atoms with Crippen molar-refractivity contribution in [1.29, 1.82) is 5.41 Å². The lowest BCUT2D eigenvalue weighted by Crippen LogP contribution is -2.30. The largest absolute Gasteiger partial charge is 0.506 e. The van der Waals surface area contributed by atoms with Crippen LogP contribution in [0.2, 0.25) is 5.02 Å². The van der Waals surface area contributed by atoms with Crippen LogP contribution in [0.1, 0.15) is 65.1 Å². The van der Waals surface area contributed by atoms with Gasteiger partial charge in [0.15, 0.2) is 5.78 Å². The summed E-state index contributed by atoms with van der Waals surface area (Å²) < 4.78 is 5.62. The first kappa shape index (κ1) is 26.7. The SMILES string of the molecule is Br.CCOc1cc2c(cc1C(=O)NC)C(=N)N(CC(=O)c1cc(Cl)c(O)c(C(C)(C)C)c1)C2. The van der Waals surface area contributed by atoms with Gasteiger partial charge in [0.05, 0.1) is 23.7 Å². The molecule has 2 aromatic rings. The van der Waals surface area contributed by atoms with Crippen LogP contribution in [0.3, 0.4) is 0 Å². The van der Waals surface area contributed by atoms with Gasteiger partial charge in [0.1, 0.15) is 17.3 Å². The Morgan fingerprint density at radius 2 is 1.91 bits per heavy atom. The average molecular weight is 539 g/mol. The van der Waals surface area contributed by atoms with Crippen LogP contribution in [0.4, 0.5) is 0 Å². The van der Waals surface area contributed by atoms with Crippen LogP contribution >= 0.6 is 28.6 Å². The van der Waals surface area contributed by atoms with Gasteiger partial charge in [-0.1, -0.05) is 32.4 Å². The fourth-order valence-corrected chi connectivity index (χ4v) is 3.97. The van der Waals surface area contributed by atoms with Crippen molar-refractivity contribution in [3.05, 3.63) is 57.1 Å². The van der Waals surface area contributed by atoms with E-state index in [0.717, 1.165) is 5.56 Å². The summed E-state index contributed by atoms with van der Waals surface area (Å²) in [5, 5.41) is 21.6. The number of carbonyl (C=O) groups is 2. The molecule has 1 aliphatic heterocycles. The maximum absolute atomic E-state index is 13.1. The van der Waals surface area contributed by atoms with Gasteiger partial charge in [-0.15, -0.1) is 17.0 Å². The normalized spacial score (nSPS) is 12.8. The molecule has 0 aliphatic carbocycles.